The summed E-state index contributed by atoms with van der Waals surface area (Å²) >= 11 is 1.24. The summed E-state index contributed by atoms with van der Waals surface area (Å²) in [6.07, 6.45) is -3.38. The van der Waals surface area contributed by atoms with E-state index in [2.05, 4.69) is 15.6 Å². The van der Waals surface area contributed by atoms with Crippen LogP contribution in [-0.2, 0) is 17.4 Å². The predicted octanol–water partition coefficient (Wildman–Crippen LogP) is 3.97. The minimum atomic E-state index is -4.39. The van der Waals surface area contributed by atoms with Gasteiger partial charge in [0.15, 0.2) is 5.13 Å². The topological polar surface area (TPSA) is 54.0 Å². The summed E-state index contributed by atoms with van der Waals surface area (Å²) in [6, 6.07) is 4.90. The highest BCUT2D eigenvalue weighted by Crippen LogP contribution is 2.31. The fraction of sp³-hybridized carbons (Fsp3) is 0.333. The smallest absolute Gasteiger partial charge is 0.356 e. The van der Waals surface area contributed by atoms with Crippen LogP contribution in [0, 0.1) is 0 Å². The summed E-state index contributed by atoms with van der Waals surface area (Å²) in [4.78, 5) is 15.8. The molecule has 2 aromatic rings. The van der Waals surface area contributed by atoms with Gasteiger partial charge in [0, 0.05) is 17.6 Å². The van der Waals surface area contributed by atoms with E-state index in [1.165, 1.54) is 23.5 Å². The van der Waals surface area contributed by atoms with Crippen molar-refractivity contribution in [1.29, 1.82) is 0 Å². The van der Waals surface area contributed by atoms with E-state index in [-0.39, 0.29) is 12.3 Å². The Balaban J connectivity index is 2.00. The zero-order chi connectivity index (χ0) is 16.9. The summed E-state index contributed by atoms with van der Waals surface area (Å²) in [6.45, 7) is 2.57. The van der Waals surface area contributed by atoms with Crippen molar-refractivity contribution in [3.63, 3.8) is 0 Å². The van der Waals surface area contributed by atoms with E-state index < -0.39 is 11.7 Å². The second-order valence-electron chi connectivity index (χ2n) is 4.87. The van der Waals surface area contributed by atoms with Crippen LogP contribution in [-0.4, -0.2) is 17.4 Å². The molecule has 0 fully saturated rings. The van der Waals surface area contributed by atoms with Crippen LogP contribution in [0.25, 0.3) is 0 Å². The second-order valence-corrected chi connectivity index (χ2v) is 5.73. The molecule has 1 aromatic carbocycles. The first kappa shape index (κ1) is 17.3. The zero-order valence-electron chi connectivity index (χ0n) is 12.4. The number of aromatic nitrogens is 1. The fourth-order valence-electron chi connectivity index (χ4n) is 1.83. The number of carbonyl (C=O) groups is 1. The van der Waals surface area contributed by atoms with Gasteiger partial charge in [-0.3, -0.25) is 4.79 Å². The first-order valence-electron chi connectivity index (χ1n) is 7.04. The highest BCUT2D eigenvalue weighted by Gasteiger charge is 2.30. The van der Waals surface area contributed by atoms with Gasteiger partial charge in [0.1, 0.15) is 0 Å². The van der Waals surface area contributed by atoms with Crippen LogP contribution in [0.2, 0.25) is 0 Å². The molecule has 8 heteroatoms. The van der Waals surface area contributed by atoms with Crippen LogP contribution in [0.3, 0.4) is 0 Å². The van der Waals surface area contributed by atoms with E-state index >= 15 is 0 Å². The lowest BCUT2D eigenvalue weighted by atomic mass is 10.2. The molecule has 0 spiro atoms. The molecule has 2 N–H and O–H groups in total. The summed E-state index contributed by atoms with van der Waals surface area (Å²) in [5, 5.41) is 7.73. The molecular formula is C15H16F3N3OS. The Morgan fingerprint density at radius 2 is 2.13 bits per heavy atom. The van der Waals surface area contributed by atoms with Gasteiger partial charge in [-0.05, 0) is 24.6 Å². The van der Waals surface area contributed by atoms with E-state index in [0.717, 1.165) is 18.6 Å². The fourth-order valence-corrected chi connectivity index (χ4v) is 2.56. The number of anilines is 2. The third-order valence-corrected chi connectivity index (χ3v) is 3.71. The Kier molecular flexibility index (Phi) is 5.59. The molecule has 0 saturated heterocycles. The van der Waals surface area contributed by atoms with Crippen molar-refractivity contribution in [3.8, 4) is 0 Å². The maximum Gasteiger partial charge on any atom is 0.416 e. The van der Waals surface area contributed by atoms with Crippen LogP contribution in [0.5, 0.6) is 0 Å². The molecule has 4 nitrogen and oxygen atoms in total. The van der Waals surface area contributed by atoms with Gasteiger partial charge in [-0.15, -0.1) is 11.3 Å². The SMILES string of the molecule is CCCNC(=O)Cc1csc(Nc2cccc(C(F)(F)F)c2)n1. The van der Waals surface area contributed by atoms with Crippen LogP contribution in [0.4, 0.5) is 24.0 Å². The number of thiazole rings is 1. The Hall–Kier alpha value is -2.09. The maximum absolute atomic E-state index is 12.7. The maximum atomic E-state index is 12.7. The van der Waals surface area contributed by atoms with Crippen LogP contribution >= 0.6 is 11.3 Å². The van der Waals surface area contributed by atoms with Crippen LogP contribution in [0.1, 0.15) is 24.6 Å². The van der Waals surface area contributed by atoms with E-state index in [4.69, 9.17) is 0 Å². The van der Waals surface area contributed by atoms with Crippen molar-refractivity contribution in [3.05, 3.63) is 40.9 Å². The van der Waals surface area contributed by atoms with Crippen molar-refractivity contribution in [2.45, 2.75) is 25.9 Å². The van der Waals surface area contributed by atoms with Gasteiger partial charge in [0.05, 0.1) is 17.7 Å². The molecule has 0 radical (unpaired) electrons. The molecule has 1 amide bonds. The molecule has 0 aliphatic heterocycles. The van der Waals surface area contributed by atoms with Crippen molar-refractivity contribution in [1.82, 2.24) is 10.3 Å². The standard InChI is InChI=1S/C15H16F3N3OS/c1-2-6-19-13(22)8-12-9-23-14(21-12)20-11-5-3-4-10(7-11)15(16,17)18/h3-5,7,9H,2,6,8H2,1H3,(H,19,22)(H,20,21). The molecular weight excluding hydrogens is 327 g/mol. The van der Waals surface area contributed by atoms with Gasteiger partial charge in [-0.2, -0.15) is 13.2 Å². The second kappa shape index (κ2) is 7.45. The van der Waals surface area contributed by atoms with Gasteiger partial charge in [-0.25, -0.2) is 4.98 Å². The zero-order valence-corrected chi connectivity index (χ0v) is 13.2. The normalized spacial score (nSPS) is 11.3. The molecule has 124 valence electrons. The quantitative estimate of drug-likeness (QED) is 0.834. The van der Waals surface area contributed by atoms with Crippen LogP contribution < -0.4 is 10.6 Å². The lowest BCUT2D eigenvalue weighted by molar-refractivity contribution is -0.137. The average Bonchev–Trinajstić information content (AvgIpc) is 2.91. The van der Waals surface area contributed by atoms with Gasteiger partial charge in [-0.1, -0.05) is 13.0 Å². The molecule has 2 rings (SSSR count). The molecule has 0 unspecified atom stereocenters. The van der Waals surface area contributed by atoms with Gasteiger partial charge in [0.25, 0.3) is 0 Å². The van der Waals surface area contributed by atoms with Crippen molar-refractivity contribution < 1.29 is 18.0 Å². The molecule has 0 bridgehead atoms. The van der Waals surface area contributed by atoms with Gasteiger partial charge < -0.3 is 10.6 Å². The number of nitrogens with one attached hydrogen (secondary N) is 2. The highest BCUT2D eigenvalue weighted by molar-refractivity contribution is 7.13. The van der Waals surface area contributed by atoms with Crippen molar-refractivity contribution >= 4 is 28.1 Å². The summed E-state index contributed by atoms with van der Waals surface area (Å²) in [7, 11) is 0. The van der Waals surface area contributed by atoms with Crippen molar-refractivity contribution in [2.24, 2.45) is 0 Å². The molecule has 1 heterocycles. The van der Waals surface area contributed by atoms with E-state index in [9.17, 15) is 18.0 Å². The van der Waals surface area contributed by atoms with Crippen LogP contribution in [0.15, 0.2) is 29.6 Å². The molecule has 0 aliphatic carbocycles. The lowest BCUT2D eigenvalue weighted by Crippen LogP contribution is -2.25. The highest BCUT2D eigenvalue weighted by atomic mass is 32.1. The number of amides is 1. The average molecular weight is 343 g/mol. The van der Waals surface area contributed by atoms with E-state index in [0.29, 0.717) is 23.1 Å². The Morgan fingerprint density at radius 1 is 1.35 bits per heavy atom. The van der Waals surface area contributed by atoms with Gasteiger partial charge in [0.2, 0.25) is 5.91 Å². The van der Waals surface area contributed by atoms with Gasteiger partial charge >= 0.3 is 6.18 Å². The molecule has 23 heavy (non-hydrogen) atoms. The van der Waals surface area contributed by atoms with E-state index in [1.54, 1.807) is 5.38 Å². The number of hydrogen-bond donors (Lipinski definition) is 2. The van der Waals surface area contributed by atoms with E-state index in [1.807, 2.05) is 6.92 Å². The molecule has 0 atom stereocenters. The molecule has 0 aliphatic rings. The number of halogens is 3. The molecule has 0 saturated carbocycles. The minimum absolute atomic E-state index is 0.122. The lowest BCUT2D eigenvalue weighted by Gasteiger charge is -2.08. The number of hydrogen-bond acceptors (Lipinski definition) is 4. The third kappa shape index (κ3) is 5.24. The largest absolute Gasteiger partial charge is 0.416 e. The number of rotatable bonds is 6. The predicted molar refractivity (Wildman–Crippen MR) is 83.8 cm³/mol. The summed E-state index contributed by atoms with van der Waals surface area (Å²) in [5.74, 6) is -0.122. The number of carbonyl (C=O) groups excluding carboxylic acids is 1. The number of alkyl halides is 3. The summed E-state index contributed by atoms with van der Waals surface area (Å²) < 4.78 is 38.0. The Labute approximate surface area is 135 Å². The first-order chi connectivity index (χ1) is 10.9. The molecule has 1 aromatic heterocycles. The summed E-state index contributed by atoms with van der Waals surface area (Å²) in [5.41, 5.74) is 0.160. The number of nitrogens with zero attached hydrogens (tertiary/aromatic N) is 1. The number of benzene rings is 1. The minimum Gasteiger partial charge on any atom is -0.356 e. The Morgan fingerprint density at radius 3 is 2.83 bits per heavy atom. The Bertz CT molecular complexity index is 670. The monoisotopic (exact) mass is 343 g/mol. The van der Waals surface area contributed by atoms with Crippen molar-refractivity contribution in [2.75, 3.05) is 11.9 Å². The third-order valence-electron chi connectivity index (χ3n) is 2.91. The first-order valence-corrected chi connectivity index (χ1v) is 7.92.